The molecular weight excluding hydrogens is 284 g/mol. The Morgan fingerprint density at radius 3 is 2.64 bits per heavy atom. The van der Waals surface area contributed by atoms with Gasteiger partial charge >= 0.3 is 11.8 Å². The molecule has 0 aromatic heterocycles. The van der Waals surface area contributed by atoms with Crippen molar-refractivity contribution in [2.45, 2.75) is 39.0 Å². The second kappa shape index (κ2) is 8.26. The van der Waals surface area contributed by atoms with E-state index in [1.54, 1.807) is 18.2 Å². The standard InChI is InChI=1S/C16H22N2O4/c1-2-3-4-5-6-9-17-15(19)16(20)18-12-7-8-13-14(10-12)22-11-21-13/h7-8,10H,2-6,9,11H2,1H3,(H,17,19)(H,18,20). The fourth-order valence-electron chi connectivity index (χ4n) is 2.17. The van der Waals surface area contributed by atoms with Crippen molar-refractivity contribution in [1.82, 2.24) is 5.32 Å². The van der Waals surface area contributed by atoms with E-state index in [2.05, 4.69) is 17.6 Å². The van der Waals surface area contributed by atoms with Crippen LogP contribution in [0.2, 0.25) is 0 Å². The van der Waals surface area contributed by atoms with Crippen molar-refractivity contribution in [3.05, 3.63) is 18.2 Å². The molecule has 0 fully saturated rings. The first-order valence-corrected chi connectivity index (χ1v) is 7.69. The summed E-state index contributed by atoms with van der Waals surface area (Å²) in [5.41, 5.74) is 0.507. The highest BCUT2D eigenvalue weighted by molar-refractivity contribution is 6.39. The number of nitrogens with one attached hydrogen (secondary N) is 2. The van der Waals surface area contributed by atoms with Crippen LogP contribution in [0.25, 0.3) is 0 Å². The molecule has 120 valence electrons. The molecule has 0 radical (unpaired) electrons. The number of carbonyl (C=O) groups is 2. The van der Waals surface area contributed by atoms with Crippen molar-refractivity contribution in [3.63, 3.8) is 0 Å². The highest BCUT2D eigenvalue weighted by Crippen LogP contribution is 2.34. The van der Waals surface area contributed by atoms with Crippen LogP contribution in [0, 0.1) is 0 Å². The van der Waals surface area contributed by atoms with Crippen LogP contribution in [0.1, 0.15) is 39.0 Å². The van der Waals surface area contributed by atoms with Gasteiger partial charge in [-0.25, -0.2) is 0 Å². The van der Waals surface area contributed by atoms with Crippen LogP contribution >= 0.6 is 0 Å². The average Bonchev–Trinajstić information content (AvgIpc) is 2.98. The van der Waals surface area contributed by atoms with Crippen LogP contribution in [0.4, 0.5) is 5.69 Å². The summed E-state index contributed by atoms with van der Waals surface area (Å²) in [5, 5.41) is 5.17. The van der Waals surface area contributed by atoms with E-state index in [9.17, 15) is 9.59 Å². The van der Waals surface area contributed by atoms with Crippen LogP contribution in [0.5, 0.6) is 11.5 Å². The number of anilines is 1. The Morgan fingerprint density at radius 1 is 1.05 bits per heavy atom. The Balaban J connectivity index is 1.71. The van der Waals surface area contributed by atoms with E-state index >= 15 is 0 Å². The minimum Gasteiger partial charge on any atom is -0.454 e. The molecule has 0 aliphatic carbocycles. The summed E-state index contributed by atoms with van der Waals surface area (Å²) in [6.07, 6.45) is 5.51. The monoisotopic (exact) mass is 306 g/mol. The summed E-state index contributed by atoms with van der Waals surface area (Å²) in [6.45, 7) is 2.85. The SMILES string of the molecule is CCCCCCCNC(=O)C(=O)Nc1ccc2c(c1)OCO2. The summed E-state index contributed by atoms with van der Waals surface area (Å²) in [6, 6.07) is 5.01. The van der Waals surface area contributed by atoms with Gasteiger partial charge in [-0.2, -0.15) is 0 Å². The number of benzene rings is 1. The van der Waals surface area contributed by atoms with E-state index in [-0.39, 0.29) is 6.79 Å². The van der Waals surface area contributed by atoms with E-state index in [1.807, 2.05) is 0 Å². The third-order valence-electron chi connectivity index (χ3n) is 3.40. The number of fused-ring (bicyclic) bond motifs is 1. The van der Waals surface area contributed by atoms with Gasteiger partial charge in [-0.15, -0.1) is 0 Å². The quantitative estimate of drug-likeness (QED) is 0.599. The molecule has 6 nitrogen and oxygen atoms in total. The van der Waals surface area contributed by atoms with Gasteiger partial charge in [0.2, 0.25) is 6.79 Å². The fraction of sp³-hybridized carbons (Fsp3) is 0.500. The molecule has 0 bridgehead atoms. The summed E-state index contributed by atoms with van der Waals surface area (Å²) >= 11 is 0. The van der Waals surface area contributed by atoms with Gasteiger partial charge in [0.05, 0.1) is 0 Å². The van der Waals surface area contributed by atoms with Gasteiger partial charge < -0.3 is 20.1 Å². The summed E-state index contributed by atoms with van der Waals surface area (Å²) in [4.78, 5) is 23.5. The van der Waals surface area contributed by atoms with Gasteiger partial charge in [-0.1, -0.05) is 32.6 Å². The maximum Gasteiger partial charge on any atom is 0.313 e. The van der Waals surface area contributed by atoms with Gasteiger partial charge in [0.1, 0.15) is 0 Å². The smallest absolute Gasteiger partial charge is 0.313 e. The molecule has 0 atom stereocenters. The molecule has 22 heavy (non-hydrogen) atoms. The molecule has 0 saturated carbocycles. The van der Waals surface area contributed by atoms with E-state index in [0.29, 0.717) is 23.7 Å². The van der Waals surface area contributed by atoms with E-state index in [0.717, 1.165) is 19.3 Å². The number of amides is 2. The molecule has 0 saturated heterocycles. The lowest BCUT2D eigenvalue weighted by molar-refractivity contribution is -0.136. The Bertz CT molecular complexity index is 531. The maximum atomic E-state index is 11.8. The van der Waals surface area contributed by atoms with E-state index in [1.165, 1.54) is 12.8 Å². The predicted octanol–water partition coefficient (Wildman–Crippen LogP) is 2.44. The van der Waals surface area contributed by atoms with Gasteiger partial charge in [-0.05, 0) is 18.6 Å². The average molecular weight is 306 g/mol. The van der Waals surface area contributed by atoms with Crippen molar-refractivity contribution in [1.29, 1.82) is 0 Å². The van der Waals surface area contributed by atoms with Gasteiger partial charge in [0.15, 0.2) is 11.5 Å². The molecule has 0 unspecified atom stereocenters. The molecule has 6 heteroatoms. The first kappa shape index (κ1) is 16.1. The Hall–Kier alpha value is -2.24. The minimum absolute atomic E-state index is 0.172. The second-order valence-corrected chi connectivity index (χ2v) is 5.19. The molecular formula is C16H22N2O4. The first-order chi connectivity index (χ1) is 10.7. The number of unbranched alkanes of at least 4 members (excludes halogenated alkanes) is 4. The van der Waals surface area contributed by atoms with Crippen molar-refractivity contribution < 1.29 is 19.1 Å². The van der Waals surface area contributed by atoms with Crippen molar-refractivity contribution in [2.24, 2.45) is 0 Å². The van der Waals surface area contributed by atoms with Gasteiger partial charge in [0.25, 0.3) is 0 Å². The van der Waals surface area contributed by atoms with Gasteiger partial charge in [0, 0.05) is 18.3 Å². The van der Waals surface area contributed by atoms with E-state index in [4.69, 9.17) is 9.47 Å². The largest absolute Gasteiger partial charge is 0.454 e. The third kappa shape index (κ3) is 4.65. The molecule has 2 N–H and O–H groups in total. The Labute approximate surface area is 130 Å². The molecule has 2 amide bonds. The van der Waals surface area contributed by atoms with Crippen LogP contribution < -0.4 is 20.1 Å². The topological polar surface area (TPSA) is 76.7 Å². The molecule has 0 spiro atoms. The third-order valence-corrected chi connectivity index (χ3v) is 3.40. The number of hydrogen-bond acceptors (Lipinski definition) is 4. The number of rotatable bonds is 7. The van der Waals surface area contributed by atoms with Crippen molar-refractivity contribution >= 4 is 17.5 Å². The van der Waals surface area contributed by atoms with Crippen LogP contribution in [0.15, 0.2) is 18.2 Å². The highest BCUT2D eigenvalue weighted by Gasteiger charge is 2.16. The maximum absolute atomic E-state index is 11.8. The number of hydrogen-bond donors (Lipinski definition) is 2. The summed E-state index contributed by atoms with van der Waals surface area (Å²) in [5.74, 6) is -0.0933. The summed E-state index contributed by atoms with van der Waals surface area (Å²) in [7, 11) is 0. The molecule has 1 aromatic carbocycles. The molecule has 1 aromatic rings. The zero-order chi connectivity index (χ0) is 15.8. The Kier molecular flexibility index (Phi) is 6.06. The lowest BCUT2D eigenvalue weighted by Gasteiger charge is -2.07. The lowest BCUT2D eigenvalue weighted by Crippen LogP contribution is -2.35. The molecule has 1 aliphatic heterocycles. The molecule has 2 rings (SSSR count). The van der Waals surface area contributed by atoms with Gasteiger partial charge in [-0.3, -0.25) is 9.59 Å². The zero-order valence-corrected chi connectivity index (χ0v) is 12.8. The minimum atomic E-state index is -0.674. The Morgan fingerprint density at radius 2 is 1.82 bits per heavy atom. The predicted molar refractivity (Wildman–Crippen MR) is 83.0 cm³/mol. The van der Waals surface area contributed by atoms with Crippen molar-refractivity contribution in [3.8, 4) is 11.5 Å². The molecule has 1 aliphatic rings. The number of carbonyl (C=O) groups excluding carboxylic acids is 2. The van der Waals surface area contributed by atoms with Crippen LogP contribution in [0.3, 0.4) is 0 Å². The van der Waals surface area contributed by atoms with Crippen LogP contribution in [-0.2, 0) is 9.59 Å². The first-order valence-electron chi connectivity index (χ1n) is 7.69. The zero-order valence-electron chi connectivity index (χ0n) is 12.8. The highest BCUT2D eigenvalue weighted by atomic mass is 16.7. The van der Waals surface area contributed by atoms with Crippen LogP contribution in [-0.4, -0.2) is 25.2 Å². The second-order valence-electron chi connectivity index (χ2n) is 5.19. The number of ether oxygens (including phenoxy) is 2. The van der Waals surface area contributed by atoms with Crippen molar-refractivity contribution in [2.75, 3.05) is 18.7 Å². The lowest BCUT2D eigenvalue weighted by atomic mass is 10.1. The summed E-state index contributed by atoms with van der Waals surface area (Å²) < 4.78 is 10.4. The normalized spacial score (nSPS) is 12.0. The van der Waals surface area contributed by atoms with E-state index < -0.39 is 11.8 Å². The molecule has 1 heterocycles. The fourth-order valence-corrected chi connectivity index (χ4v) is 2.17.